The zero-order valence-electron chi connectivity index (χ0n) is 42.2. The van der Waals surface area contributed by atoms with Gasteiger partial charge in [0.05, 0.1) is 32.0 Å². The van der Waals surface area contributed by atoms with Crippen LogP contribution in [-0.4, -0.2) is 202 Å². The largest absolute Gasteiger partial charge is 0.391 e. The van der Waals surface area contributed by atoms with Crippen LogP contribution in [-0.2, 0) is 62.4 Å². The van der Waals surface area contributed by atoms with E-state index >= 15 is 0 Å². The Hall–Kier alpha value is -7.09. The van der Waals surface area contributed by atoms with E-state index in [0.717, 1.165) is 20.2 Å². The Balaban J connectivity index is 1.62. The molecule has 11 atom stereocenters. The molecule has 0 radical (unpaired) electrons. The van der Waals surface area contributed by atoms with Crippen LogP contribution in [0.4, 0.5) is 5.82 Å². The van der Waals surface area contributed by atoms with Gasteiger partial charge in [-0.25, -0.2) is 19.7 Å². The quantitative estimate of drug-likeness (QED) is 0.0134. The molecular weight excluding hydrogens is 1060 g/mol. The molecule has 3 heterocycles. The molecule has 1 fully saturated rings. The zero-order valence-corrected chi connectivity index (χ0v) is 43.8. The number of aliphatic hydroxyl groups is 3. The molecule has 3 rings (SSSR count). The average molecular weight is 1130 g/mol. The van der Waals surface area contributed by atoms with Gasteiger partial charge >= 0.3 is 10.3 Å². The van der Waals surface area contributed by atoms with Crippen LogP contribution in [0.25, 0.3) is 11.2 Å². The molecule has 9 amide bonds. The topological polar surface area (TPSA) is 549 Å². The number of imidazole rings is 1. The summed E-state index contributed by atoms with van der Waals surface area (Å²) in [5.41, 5.74) is 27.8. The number of carbonyl (C=O) groups excluding carboxylic acids is 9. The number of nitrogens with one attached hydrogen (secondary N) is 8. The first-order valence-corrected chi connectivity index (χ1v) is 26.5. The van der Waals surface area contributed by atoms with Gasteiger partial charge in [0.25, 0.3) is 5.91 Å². The predicted molar refractivity (Wildman–Crippen MR) is 271 cm³/mol. The summed E-state index contributed by atoms with van der Waals surface area (Å²) in [7, 11) is -5.00. The fourth-order valence-electron chi connectivity index (χ4n) is 7.22. The first-order chi connectivity index (χ1) is 36.3. The van der Waals surface area contributed by atoms with Crippen molar-refractivity contribution in [2.24, 2.45) is 27.9 Å². The highest BCUT2D eigenvalue weighted by molar-refractivity contribution is 7.98. The van der Waals surface area contributed by atoms with Gasteiger partial charge in [-0.3, -0.25) is 56.9 Å². The fraction of sp³-hybridized carbons (Fsp3) is 0.634. The Morgan fingerprint density at radius 1 is 0.844 bits per heavy atom. The highest BCUT2D eigenvalue weighted by Crippen LogP contribution is 2.32. The number of unbranched alkanes of at least 4 members (excludes halogenated alkanes) is 1. The van der Waals surface area contributed by atoms with Crippen molar-refractivity contribution >= 4 is 98.7 Å². The molecule has 430 valence electrons. The van der Waals surface area contributed by atoms with Crippen molar-refractivity contribution < 1.29 is 75.8 Å². The van der Waals surface area contributed by atoms with Gasteiger partial charge in [-0.05, 0) is 70.9 Å². The molecule has 0 bridgehead atoms. The van der Waals surface area contributed by atoms with E-state index in [0.29, 0.717) is 18.6 Å². The summed E-state index contributed by atoms with van der Waals surface area (Å²) in [5.74, 6) is -8.25. The molecule has 34 nitrogen and oxygen atoms in total. The number of carbonyl (C=O) groups is 9. The van der Waals surface area contributed by atoms with Crippen LogP contribution in [0, 0.1) is 0 Å². The van der Waals surface area contributed by atoms with E-state index in [1.54, 1.807) is 11.0 Å². The van der Waals surface area contributed by atoms with Crippen LogP contribution < -0.4 is 70.6 Å². The average Bonchev–Trinajstić information content (AvgIpc) is 3.92. The number of amides is 9. The number of anilines is 1. The lowest BCUT2D eigenvalue weighted by Crippen LogP contribution is -2.59. The van der Waals surface area contributed by atoms with Crippen molar-refractivity contribution in [1.82, 2.24) is 61.5 Å². The molecule has 0 aliphatic carbocycles. The van der Waals surface area contributed by atoms with Crippen LogP contribution >= 0.6 is 11.8 Å². The van der Waals surface area contributed by atoms with Crippen molar-refractivity contribution in [1.29, 1.82) is 0 Å². The molecule has 2 aromatic heterocycles. The molecule has 1 aliphatic heterocycles. The molecular formula is C41H68N18O16S2. The molecule has 36 heteroatoms. The van der Waals surface area contributed by atoms with Crippen molar-refractivity contribution in [3.05, 3.63) is 12.7 Å². The monoisotopic (exact) mass is 1130 g/mol. The number of fused-ring (bicyclic) bond motifs is 1. The Kier molecular flexibility index (Phi) is 26.0. The third-order valence-electron chi connectivity index (χ3n) is 11.3. The predicted octanol–water partition coefficient (Wildman–Crippen LogP) is -8.73. The molecule has 0 unspecified atom stereocenters. The number of ether oxygens (including phenoxy) is 1. The minimum Gasteiger partial charge on any atom is -0.391 e. The van der Waals surface area contributed by atoms with E-state index < -0.39 is 144 Å². The molecule has 1 saturated heterocycles. The number of primary amides is 1. The van der Waals surface area contributed by atoms with Crippen molar-refractivity contribution in [2.75, 3.05) is 44.0 Å². The van der Waals surface area contributed by atoms with Gasteiger partial charge in [-0.1, -0.05) is 0 Å². The number of nitrogens with two attached hydrogens (primary N) is 5. The van der Waals surface area contributed by atoms with E-state index in [2.05, 4.69) is 57.2 Å². The van der Waals surface area contributed by atoms with E-state index in [1.165, 1.54) is 22.7 Å². The summed E-state index contributed by atoms with van der Waals surface area (Å²) in [5, 5.41) is 48.0. The maximum Gasteiger partial charge on any atom is 0.362 e. The van der Waals surface area contributed by atoms with E-state index in [1.807, 2.05) is 0 Å². The van der Waals surface area contributed by atoms with Crippen LogP contribution in [0.5, 0.6) is 0 Å². The number of hydrogen-bond acceptors (Lipinski definition) is 23. The second-order valence-corrected chi connectivity index (χ2v) is 19.6. The highest BCUT2D eigenvalue weighted by atomic mass is 32.2. The molecule has 0 spiro atoms. The smallest absolute Gasteiger partial charge is 0.362 e. The van der Waals surface area contributed by atoms with Gasteiger partial charge < -0.3 is 85.9 Å². The van der Waals surface area contributed by atoms with Crippen molar-refractivity contribution in [3.8, 4) is 0 Å². The van der Waals surface area contributed by atoms with Gasteiger partial charge in [-0.2, -0.15) is 20.2 Å². The Morgan fingerprint density at radius 2 is 1.49 bits per heavy atom. The lowest BCUT2D eigenvalue weighted by molar-refractivity contribution is -0.136. The Morgan fingerprint density at radius 3 is 2.13 bits per heavy atom. The summed E-state index contributed by atoms with van der Waals surface area (Å²) in [6.07, 6.45) is -3.52. The van der Waals surface area contributed by atoms with Gasteiger partial charge in [0, 0.05) is 6.54 Å². The van der Waals surface area contributed by atoms with Crippen LogP contribution in [0.15, 0.2) is 17.6 Å². The number of guanidine groups is 1. The highest BCUT2D eigenvalue weighted by Gasteiger charge is 2.45. The molecule has 21 N–H and O–H groups in total. The van der Waals surface area contributed by atoms with Gasteiger partial charge in [-0.15, -0.1) is 0 Å². The molecule has 0 aromatic carbocycles. The van der Waals surface area contributed by atoms with Gasteiger partial charge in [0.15, 0.2) is 23.7 Å². The number of aromatic nitrogens is 4. The van der Waals surface area contributed by atoms with Gasteiger partial charge in [0.1, 0.15) is 66.4 Å². The number of aliphatic imine (C=N–C) groups is 1. The molecule has 2 aromatic rings. The number of nitrogens with zero attached hydrogens (tertiary/aromatic N) is 5. The second kappa shape index (κ2) is 31.2. The minimum atomic E-state index is -5.00. The number of nitrogen functional groups attached to an aromatic ring is 1. The molecule has 1 aliphatic rings. The first kappa shape index (κ1) is 64.2. The summed E-state index contributed by atoms with van der Waals surface area (Å²) < 4.78 is 39.4. The number of rotatable bonds is 34. The normalized spacial score (nSPS) is 18.9. The summed E-state index contributed by atoms with van der Waals surface area (Å²) in [6.45, 7) is 0.655. The third-order valence-corrected chi connectivity index (χ3v) is 12.8. The SMILES string of the molecule is CSCC[C@H](NC=O)C(=O)N[C@@H](CCCN=C(N)N)C(=O)N[C@H](C(=O)NCC(=O)N[C@@H](CC(N)=O)C(=O)N[C@@H](C)C(=O)N[C@@H](CCCCN)C(=O)NS(=O)(=O)OC[C@H]1O[C@@H](n2cnc3c(N)ncnc32)[C@H](O)[C@@H]1O)[C@@H](C)O. The van der Waals surface area contributed by atoms with Crippen LogP contribution in [0.1, 0.15) is 65.0 Å². The summed E-state index contributed by atoms with van der Waals surface area (Å²) in [4.78, 5) is 132. The maximum atomic E-state index is 13.5. The number of thioether (sulfide) groups is 1. The fourth-order valence-corrected chi connectivity index (χ4v) is 8.45. The lowest BCUT2D eigenvalue weighted by Gasteiger charge is -2.26. The van der Waals surface area contributed by atoms with Crippen molar-refractivity contribution in [3.63, 3.8) is 0 Å². The standard InChI is InChI=1S/C41H68N18O16S2/c1-19(34(66)55-23(7-4-5-10-42)38(70)58-77(72,73)74-15-25-30(64)31(65)40(75-25)59-17-51-29-32(44)49-16-50-33(29)59)53-37(69)24(13-26(43)62)54-27(63)14-48-39(71)28(20(2)61)57-36(68)22(8-6-11-47-41(45)46)56-35(67)21(52-18-60)9-12-76-3/h16-25,28,30-31,40,61,64-65H,4-15,42H2,1-3H3,(H2,43,62)(H,48,71)(H,52,60)(H,53,69)(H,54,63)(H,55,66)(H,56,67)(H,57,68)(H,58,70)(H2,44,49,50)(H4,45,46,47)/t19-,20+,21-,22-,23-,24-,25+,28-,30+,31+,40+/m0/s1. The number of hydrogen-bond donors (Lipinski definition) is 16. The van der Waals surface area contributed by atoms with Crippen LogP contribution in [0.2, 0.25) is 0 Å². The van der Waals surface area contributed by atoms with E-state index in [-0.39, 0.29) is 68.1 Å². The minimum absolute atomic E-state index is 0.0176. The second-order valence-electron chi connectivity index (χ2n) is 17.3. The summed E-state index contributed by atoms with van der Waals surface area (Å²) >= 11 is 1.40. The lowest BCUT2D eigenvalue weighted by atomic mass is 10.1. The first-order valence-electron chi connectivity index (χ1n) is 23.7. The van der Waals surface area contributed by atoms with E-state index in [9.17, 15) is 66.9 Å². The molecule has 0 saturated carbocycles. The van der Waals surface area contributed by atoms with Gasteiger partial charge in [0.2, 0.25) is 47.8 Å². The zero-order chi connectivity index (χ0) is 57.6. The maximum absolute atomic E-state index is 13.5. The summed E-state index contributed by atoms with van der Waals surface area (Å²) in [6, 6.07) is -9.00. The molecule has 77 heavy (non-hydrogen) atoms. The van der Waals surface area contributed by atoms with Crippen molar-refractivity contribution in [2.45, 2.75) is 126 Å². The Bertz CT molecular complexity index is 2520. The van der Waals surface area contributed by atoms with E-state index in [4.69, 9.17) is 37.6 Å². The number of aliphatic hydroxyl groups excluding tert-OH is 3. The Labute approximate surface area is 444 Å². The third kappa shape index (κ3) is 20.4. The van der Waals surface area contributed by atoms with Crippen LogP contribution in [0.3, 0.4) is 0 Å².